The molecule has 1 aliphatic rings. The van der Waals surface area contributed by atoms with Crippen LogP contribution in [0.25, 0.3) is 0 Å². The SMILES string of the molecule is NCCN(CCc1ccccc1)CC(=O)N1CCC(OCc2ccccc2)CC1. The number of nitrogens with two attached hydrogens (primary N) is 1. The maximum atomic E-state index is 12.8. The molecule has 1 aliphatic heterocycles. The molecule has 1 saturated heterocycles. The van der Waals surface area contributed by atoms with Crippen molar-refractivity contribution in [2.45, 2.75) is 32.0 Å². The number of hydrogen-bond acceptors (Lipinski definition) is 4. The lowest BCUT2D eigenvalue weighted by Gasteiger charge is -2.33. The molecule has 2 aromatic carbocycles. The third-order valence-electron chi connectivity index (χ3n) is 5.49. The summed E-state index contributed by atoms with van der Waals surface area (Å²) in [6, 6.07) is 20.6. The second kappa shape index (κ2) is 11.7. The van der Waals surface area contributed by atoms with E-state index in [1.165, 1.54) is 11.1 Å². The van der Waals surface area contributed by atoms with Crippen LogP contribution in [0, 0.1) is 0 Å². The van der Waals surface area contributed by atoms with E-state index >= 15 is 0 Å². The van der Waals surface area contributed by atoms with E-state index in [0.717, 1.165) is 45.4 Å². The van der Waals surface area contributed by atoms with E-state index in [0.29, 0.717) is 19.7 Å². The Morgan fingerprint density at radius 2 is 1.59 bits per heavy atom. The number of carbonyl (C=O) groups excluding carboxylic acids is 1. The van der Waals surface area contributed by atoms with Crippen molar-refractivity contribution < 1.29 is 9.53 Å². The lowest BCUT2D eigenvalue weighted by atomic mass is 10.1. The monoisotopic (exact) mass is 395 g/mol. The maximum absolute atomic E-state index is 12.8. The van der Waals surface area contributed by atoms with Crippen molar-refractivity contribution >= 4 is 5.91 Å². The fourth-order valence-electron chi connectivity index (χ4n) is 3.74. The zero-order valence-corrected chi connectivity index (χ0v) is 17.2. The maximum Gasteiger partial charge on any atom is 0.236 e. The largest absolute Gasteiger partial charge is 0.373 e. The van der Waals surface area contributed by atoms with Crippen LogP contribution in [0.5, 0.6) is 0 Å². The van der Waals surface area contributed by atoms with Gasteiger partial charge in [-0.3, -0.25) is 9.69 Å². The molecule has 0 unspecified atom stereocenters. The number of carbonyl (C=O) groups is 1. The molecular weight excluding hydrogens is 362 g/mol. The van der Waals surface area contributed by atoms with Crippen LogP contribution in [0.1, 0.15) is 24.0 Å². The molecule has 1 heterocycles. The van der Waals surface area contributed by atoms with Gasteiger partial charge in [-0.1, -0.05) is 60.7 Å². The van der Waals surface area contributed by atoms with Crippen LogP contribution in [0.4, 0.5) is 0 Å². The first kappa shape index (κ1) is 21.5. The first-order valence-corrected chi connectivity index (χ1v) is 10.6. The first-order valence-electron chi connectivity index (χ1n) is 10.6. The molecule has 0 atom stereocenters. The third-order valence-corrected chi connectivity index (χ3v) is 5.49. The van der Waals surface area contributed by atoms with Gasteiger partial charge in [0.2, 0.25) is 5.91 Å². The van der Waals surface area contributed by atoms with E-state index in [1.54, 1.807) is 0 Å². The molecule has 3 rings (SSSR count). The fraction of sp³-hybridized carbons (Fsp3) is 0.458. The molecule has 0 saturated carbocycles. The number of benzene rings is 2. The van der Waals surface area contributed by atoms with Gasteiger partial charge in [0, 0.05) is 32.7 Å². The van der Waals surface area contributed by atoms with Gasteiger partial charge in [-0.2, -0.15) is 0 Å². The Balaban J connectivity index is 1.40. The van der Waals surface area contributed by atoms with Crippen molar-refractivity contribution in [3.05, 3.63) is 71.8 Å². The predicted octanol–water partition coefficient (Wildman–Crippen LogP) is 2.70. The minimum Gasteiger partial charge on any atom is -0.373 e. The van der Waals surface area contributed by atoms with Gasteiger partial charge in [-0.25, -0.2) is 0 Å². The van der Waals surface area contributed by atoms with Crippen LogP contribution in [0.2, 0.25) is 0 Å². The molecular formula is C24H33N3O2. The van der Waals surface area contributed by atoms with E-state index in [1.807, 2.05) is 29.2 Å². The molecule has 2 aromatic rings. The summed E-state index contributed by atoms with van der Waals surface area (Å²) in [5, 5.41) is 0. The molecule has 0 radical (unpaired) electrons. The van der Waals surface area contributed by atoms with Gasteiger partial charge < -0.3 is 15.4 Å². The van der Waals surface area contributed by atoms with Gasteiger partial charge in [-0.15, -0.1) is 0 Å². The Kier molecular flexibility index (Phi) is 8.68. The molecule has 29 heavy (non-hydrogen) atoms. The lowest BCUT2D eigenvalue weighted by molar-refractivity contribution is -0.135. The Bertz CT molecular complexity index is 715. The van der Waals surface area contributed by atoms with Crippen LogP contribution >= 0.6 is 0 Å². The van der Waals surface area contributed by atoms with Gasteiger partial charge in [0.05, 0.1) is 19.3 Å². The highest BCUT2D eigenvalue weighted by Crippen LogP contribution is 2.16. The number of hydrogen-bond donors (Lipinski definition) is 1. The summed E-state index contributed by atoms with van der Waals surface area (Å²) in [7, 11) is 0. The highest BCUT2D eigenvalue weighted by molar-refractivity contribution is 5.78. The van der Waals surface area contributed by atoms with E-state index in [2.05, 4.69) is 41.3 Å². The lowest BCUT2D eigenvalue weighted by Crippen LogP contribution is -2.46. The second-order valence-corrected chi connectivity index (χ2v) is 7.68. The van der Waals surface area contributed by atoms with Crippen molar-refractivity contribution in [2.75, 3.05) is 39.3 Å². The molecule has 0 aromatic heterocycles. The first-order chi connectivity index (χ1) is 14.2. The summed E-state index contributed by atoms with van der Waals surface area (Å²) in [6.45, 7) is 4.79. The van der Waals surface area contributed by atoms with Crippen LogP contribution < -0.4 is 5.73 Å². The Labute approximate surface area is 174 Å². The van der Waals surface area contributed by atoms with Gasteiger partial charge >= 0.3 is 0 Å². The molecule has 5 heteroatoms. The second-order valence-electron chi connectivity index (χ2n) is 7.68. The van der Waals surface area contributed by atoms with E-state index in [4.69, 9.17) is 10.5 Å². The number of piperidine rings is 1. The summed E-state index contributed by atoms with van der Waals surface area (Å²) < 4.78 is 6.04. The molecule has 0 aliphatic carbocycles. The molecule has 1 fully saturated rings. The topological polar surface area (TPSA) is 58.8 Å². The molecule has 0 bridgehead atoms. The zero-order chi connectivity index (χ0) is 20.3. The summed E-state index contributed by atoms with van der Waals surface area (Å²) in [5.41, 5.74) is 8.26. The van der Waals surface area contributed by atoms with Gasteiger partial charge in [0.15, 0.2) is 0 Å². The van der Waals surface area contributed by atoms with Gasteiger partial charge in [0.1, 0.15) is 0 Å². The molecule has 2 N–H and O–H groups in total. The van der Waals surface area contributed by atoms with Crippen molar-refractivity contribution in [3.63, 3.8) is 0 Å². The predicted molar refractivity (Wildman–Crippen MR) is 116 cm³/mol. The van der Waals surface area contributed by atoms with Crippen LogP contribution in [-0.2, 0) is 22.6 Å². The highest BCUT2D eigenvalue weighted by atomic mass is 16.5. The quantitative estimate of drug-likeness (QED) is 0.672. The smallest absolute Gasteiger partial charge is 0.236 e. The third kappa shape index (κ3) is 7.28. The van der Waals surface area contributed by atoms with Crippen LogP contribution in [0.3, 0.4) is 0 Å². The zero-order valence-electron chi connectivity index (χ0n) is 17.2. The molecule has 156 valence electrons. The van der Waals surface area contributed by atoms with Gasteiger partial charge in [0.25, 0.3) is 0 Å². The normalized spacial score (nSPS) is 15.0. The van der Waals surface area contributed by atoms with Gasteiger partial charge in [-0.05, 0) is 30.4 Å². The summed E-state index contributed by atoms with van der Waals surface area (Å²) in [6.07, 6.45) is 2.97. The van der Waals surface area contributed by atoms with Crippen molar-refractivity contribution in [3.8, 4) is 0 Å². The number of nitrogens with zero attached hydrogens (tertiary/aromatic N) is 2. The van der Waals surface area contributed by atoms with E-state index < -0.39 is 0 Å². The highest BCUT2D eigenvalue weighted by Gasteiger charge is 2.24. The number of ether oxygens (including phenoxy) is 1. The minimum absolute atomic E-state index is 0.202. The van der Waals surface area contributed by atoms with Crippen molar-refractivity contribution in [1.29, 1.82) is 0 Å². The Hall–Kier alpha value is -2.21. The number of rotatable bonds is 10. The van der Waals surface area contributed by atoms with E-state index in [9.17, 15) is 4.79 Å². The molecule has 0 spiro atoms. The standard InChI is InChI=1S/C24H33N3O2/c25-14-18-26(15-11-21-7-3-1-4-8-21)19-24(28)27-16-12-23(13-17-27)29-20-22-9-5-2-6-10-22/h1-10,23H,11-20,25H2. The van der Waals surface area contributed by atoms with Crippen LogP contribution in [-0.4, -0.2) is 61.1 Å². The molecule has 1 amide bonds. The average Bonchev–Trinajstić information content (AvgIpc) is 2.78. The van der Waals surface area contributed by atoms with Crippen LogP contribution in [0.15, 0.2) is 60.7 Å². The van der Waals surface area contributed by atoms with Crippen molar-refractivity contribution in [2.24, 2.45) is 5.73 Å². The number of amides is 1. The Morgan fingerprint density at radius 1 is 0.966 bits per heavy atom. The van der Waals surface area contributed by atoms with E-state index in [-0.39, 0.29) is 12.0 Å². The minimum atomic E-state index is 0.202. The van der Waals surface area contributed by atoms with Crippen molar-refractivity contribution in [1.82, 2.24) is 9.80 Å². The molecule has 5 nitrogen and oxygen atoms in total. The summed E-state index contributed by atoms with van der Waals surface area (Å²) in [4.78, 5) is 16.9. The summed E-state index contributed by atoms with van der Waals surface area (Å²) >= 11 is 0. The Morgan fingerprint density at radius 3 is 2.21 bits per heavy atom. The summed E-state index contributed by atoms with van der Waals surface area (Å²) in [5.74, 6) is 0.202. The number of likely N-dealkylation sites (tertiary alicyclic amines) is 1. The average molecular weight is 396 g/mol. The fourth-order valence-corrected chi connectivity index (χ4v) is 3.74.